The molecule has 0 saturated carbocycles. The van der Waals surface area contributed by atoms with Crippen LogP contribution in [-0.4, -0.2) is 7.11 Å². The fraction of sp³-hybridized carbons (Fsp3) is 0.143. The molecule has 20 heavy (non-hydrogen) atoms. The van der Waals surface area contributed by atoms with Crippen LogP contribution in [0.2, 0.25) is 10.0 Å². The van der Waals surface area contributed by atoms with Crippen molar-refractivity contribution in [3.63, 3.8) is 0 Å². The minimum absolute atomic E-state index is 0.294. The van der Waals surface area contributed by atoms with Crippen LogP contribution in [0.4, 0.5) is 10.1 Å². The highest BCUT2D eigenvalue weighted by Crippen LogP contribution is 2.33. The third kappa shape index (κ3) is 3.37. The van der Waals surface area contributed by atoms with E-state index in [4.69, 9.17) is 27.9 Å². The fourth-order valence-corrected chi connectivity index (χ4v) is 2.98. The number of methoxy groups -OCH3 is 1. The minimum Gasteiger partial charge on any atom is -0.496 e. The Labute approximate surface area is 135 Å². The fourth-order valence-electron chi connectivity index (χ4n) is 1.79. The summed E-state index contributed by atoms with van der Waals surface area (Å²) in [5.74, 6) is 0.280. The summed E-state index contributed by atoms with van der Waals surface area (Å²) in [7, 11) is 1.58. The molecule has 0 atom stereocenters. The van der Waals surface area contributed by atoms with Crippen molar-refractivity contribution >= 4 is 44.8 Å². The predicted octanol–water partition coefficient (Wildman–Crippen LogP) is 5.52. The van der Waals surface area contributed by atoms with E-state index in [2.05, 4.69) is 21.2 Å². The molecular weight excluding hydrogens is 368 g/mol. The zero-order chi connectivity index (χ0) is 14.7. The minimum atomic E-state index is -0.400. The van der Waals surface area contributed by atoms with E-state index in [1.54, 1.807) is 13.2 Å². The van der Waals surface area contributed by atoms with Crippen LogP contribution >= 0.6 is 39.1 Å². The smallest absolute Gasteiger partial charge is 0.125 e. The van der Waals surface area contributed by atoms with Gasteiger partial charge in [-0.1, -0.05) is 29.3 Å². The Balaban J connectivity index is 2.26. The van der Waals surface area contributed by atoms with E-state index in [-0.39, 0.29) is 0 Å². The lowest BCUT2D eigenvalue weighted by atomic mass is 10.2. The van der Waals surface area contributed by atoms with E-state index < -0.39 is 5.82 Å². The van der Waals surface area contributed by atoms with Gasteiger partial charge >= 0.3 is 0 Å². The Morgan fingerprint density at radius 3 is 2.65 bits per heavy atom. The van der Waals surface area contributed by atoms with E-state index >= 15 is 0 Å². The van der Waals surface area contributed by atoms with Crippen LogP contribution in [0.5, 0.6) is 5.75 Å². The summed E-state index contributed by atoms with van der Waals surface area (Å²) >= 11 is 15.4. The van der Waals surface area contributed by atoms with Crippen LogP contribution in [0.15, 0.2) is 34.8 Å². The molecule has 0 spiro atoms. The number of hydrogen-bond donors (Lipinski definition) is 1. The Bertz CT molecular complexity index is 614. The molecule has 0 radical (unpaired) electrons. The second-order valence-corrected chi connectivity index (χ2v) is 5.69. The molecule has 0 unspecified atom stereocenters. The second-order valence-electron chi connectivity index (χ2n) is 4.02. The van der Waals surface area contributed by atoms with Crippen LogP contribution in [0.1, 0.15) is 5.56 Å². The van der Waals surface area contributed by atoms with E-state index in [0.717, 1.165) is 5.56 Å². The van der Waals surface area contributed by atoms with Crippen molar-refractivity contribution in [1.82, 2.24) is 0 Å². The highest BCUT2D eigenvalue weighted by atomic mass is 79.9. The van der Waals surface area contributed by atoms with Gasteiger partial charge in [0.1, 0.15) is 11.6 Å². The zero-order valence-electron chi connectivity index (χ0n) is 10.5. The molecule has 0 aromatic heterocycles. The van der Waals surface area contributed by atoms with Gasteiger partial charge in [-0.05, 0) is 40.2 Å². The summed E-state index contributed by atoms with van der Waals surface area (Å²) in [6.45, 7) is 0.410. The van der Waals surface area contributed by atoms with E-state index in [0.29, 0.717) is 32.5 Å². The molecule has 0 saturated heterocycles. The van der Waals surface area contributed by atoms with Gasteiger partial charge in [-0.3, -0.25) is 0 Å². The van der Waals surface area contributed by atoms with Crippen LogP contribution in [0, 0.1) is 5.82 Å². The van der Waals surface area contributed by atoms with Gasteiger partial charge in [-0.15, -0.1) is 0 Å². The van der Waals surface area contributed by atoms with Crippen molar-refractivity contribution < 1.29 is 9.13 Å². The molecule has 0 amide bonds. The highest BCUT2D eigenvalue weighted by molar-refractivity contribution is 9.10. The molecule has 0 aliphatic carbocycles. The maximum Gasteiger partial charge on any atom is 0.125 e. The average molecular weight is 379 g/mol. The molecule has 6 heteroatoms. The van der Waals surface area contributed by atoms with Crippen molar-refractivity contribution in [3.05, 3.63) is 56.2 Å². The molecular formula is C14H11BrCl2FNO. The number of hydrogen-bond acceptors (Lipinski definition) is 2. The standard InChI is InChI=1S/C14H11BrCl2FNO/c1-20-13-4-2-3-11(16)9(13)7-19-14-10(15)5-8(18)6-12(14)17/h2-6,19H,7H2,1H3. The van der Waals surface area contributed by atoms with Gasteiger partial charge in [-0.25, -0.2) is 4.39 Å². The van der Waals surface area contributed by atoms with Crippen LogP contribution in [-0.2, 0) is 6.54 Å². The maximum atomic E-state index is 13.2. The quantitative estimate of drug-likeness (QED) is 0.756. The molecule has 2 aromatic carbocycles. The Hall–Kier alpha value is -0.970. The normalized spacial score (nSPS) is 10.4. The maximum absolute atomic E-state index is 13.2. The molecule has 0 bridgehead atoms. The van der Waals surface area contributed by atoms with Gasteiger partial charge < -0.3 is 10.1 Å². The number of anilines is 1. The number of benzene rings is 2. The molecule has 0 aliphatic rings. The lowest BCUT2D eigenvalue weighted by Gasteiger charge is -2.14. The number of ether oxygens (including phenoxy) is 1. The average Bonchev–Trinajstić information content (AvgIpc) is 2.38. The van der Waals surface area contributed by atoms with Crippen LogP contribution in [0.3, 0.4) is 0 Å². The van der Waals surface area contributed by atoms with Crippen molar-refractivity contribution in [2.75, 3.05) is 12.4 Å². The summed E-state index contributed by atoms with van der Waals surface area (Å²) in [6, 6.07) is 8.01. The molecule has 2 nitrogen and oxygen atoms in total. The first kappa shape index (κ1) is 15.4. The first-order valence-corrected chi connectivity index (χ1v) is 7.27. The van der Waals surface area contributed by atoms with Gasteiger partial charge in [0.2, 0.25) is 0 Å². The third-order valence-electron chi connectivity index (χ3n) is 2.74. The largest absolute Gasteiger partial charge is 0.496 e. The molecule has 0 fully saturated rings. The monoisotopic (exact) mass is 377 g/mol. The lowest BCUT2D eigenvalue weighted by Crippen LogP contribution is -2.04. The topological polar surface area (TPSA) is 21.3 Å². The number of rotatable bonds is 4. The van der Waals surface area contributed by atoms with Gasteiger partial charge in [0.05, 0.1) is 17.8 Å². The second kappa shape index (κ2) is 6.66. The van der Waals surface area contributed by atoms with E-state index in [1.165, 1.54) is 12.1 Å². The van der Waals surface area contributed by atoms with E-state index in [9.17, 15) is 4.39 Å². The summed E-state index contributed by atoms with van der Waals surface area (Å²) in [6.07, 6.45) is 0. The third-order valence-corrected chi connectivity index (χ3v) is 4.02. The van der Waals surface area contributed by atoms with Gasteiger partial charge in [0, 0.05) is 21.6 Å². The Morgan fingerprint density at radius 2 is 2.00 bits per heavy atom. The zero-order valence-corrected chi connectivity index (χ0v) is 13.6. The SMILES string of the molecule is COc1cccc(Cl)c1CNc1c(Cl)cc(F)cc1Br. The summed E-state index contributed by atoms with van der Waals surface area (Å²) < 4.78 is 19.0. The first-order chi connectivity index (χ1) is 9.52. The lowest BCUT2D eigenvalue weighted by molar-refractivity contribution is 0.410. The molecule has 1 N–H and O–H groups in total. The van der Waals surface area contributed by atoms with E-state index in [1.807, 2.05) is 12.1 Å². The van der Waals surface area contributed by atoms with Crippen molar-refractivity contribution in [2.24, 2.45) is 0 Å². The number of nitrogens with one attached hydrogen (secondary N) is 1. The summed E-state index contributed by atoms with van der Waals surface area (Å²) in [5, 5.41) is 4.01. The van der Waals surface area contributed by atoms with Crippen LogP contribution in [0.25, 0.3) is 0 Å². The van der Waals surface area contributed by atoms with Crippen molar-refractivity contribution in [1.29, 1.82) is 0 Å². The Kier molecular flexibility index (Phi) is 5.13. The first-order valence-electron chi connectivity index (χ1n) is 5.72. The molecule has 2 rings (SSSR count). The van der Waals surface area contributed by atoms with Gasteiger partial charge in [-0.2, -0.15) is 0 Å². The van der Waals surface area contributed by atoms with Gasteiger partial charge in [0.15, 0.2) is 0 Å². The van der Waals surface area contributed by atoms with Crippen molar-refractivity contribution in [2.45, 2.75) is 6.54 Å². The predicted molar refractivity (Wildman–Crippen MR) is 84.4 cm³/mol. The molecule has 2 aromatic rings. The summed E-state index contributed by atoms with van der Waals surface area (Å²) in [5.41, 5.74) is 1.42. The Morgan fingerprint density at radius 1 is 1.25 bits per heavy atom. The highest BCUT2D eigenvalue weighted by Gasteiger charge is 2.11. The molecule has 106 valence electrons. The number of halogens is 4. The molecule has 0 heterocycles. The summed E-state index contributed by atoms with van der Waals surface area (Å²) in [4.78, 5) is 0. The van der Waals surface area contributed by atoms with Crippen molar-refractivity contribution in [3.8, 4) is 5.75 Å². The van der Waals surface area contributed by atoms with Crippen LogP contribution < -0.4 is 10.1 Å². The molecule has 0 aliphatic heterocycles. The van der Waals surface area contributed by atoms with Gasteiger partial charge in [0.25, 0.3) is 0 Å².